The Hall–Kier alpha value is -1.50. The van der Waals surface area contributed by atoms with Gasteiger partial charge < -0.3 is 20.3 Å². The third kappa shape index (κ3) is 3.14. The normalized spacial score (nSPS) is 24.5. The van der Waals surface area contributed by atoms with Gasteiger partial charge in [0, 0.05) is 13.1 Å². The van der Waals surface area contributed by atoms with Crippen molar-refractivity contribution in [2.45, 2.75) is 6.04 Å². The highest BCUT2D eigenvalue weighted by molar-refractivity contribution is 6.43. The van der Waals surface area contributed by atoms with Crippen molar-refractivity contribution in [2.24, 2.45) is 5.92 Å². The Morgan fingerprint density at radius 1 is 1.32 bits per heavy atom. The minimum Gasteiger partial charge on any atom is -0.378 e. The number of amides is 3. The van der Waals surface area contributed by atoms with Crippen LogP contribution < -0.4 is 10.6 Å². The molecule has 8 heteroatoms. The van der Waals surface area contributed by atoms with Gasteiger partial charge in [-0.05, 0) is 12.1 Å². The van der Waals surface area contributed by atoms with Crippen molar-refractivity contribution in [3.63, 3.8) is 0 Å². The fourth-order valence-electron chi connectivity index (χ4n) is 2.59. The molecular formula is C14H15Cl2N3O3. The molecule has 2 atom stereocenters. The number of hydrogen-bond donors (Lipinski definition) is 2. The number of anilines is 1. The molecule has 2 bridgehead atoms. The first-order valence-corrected chi connectivity index (χ1v) is 7.68. The quantitative estimate of drug-likeness (QED) is 0.818. The van der Waals surface area contributed by atoms with Crippen LogP contribution in [-0.4, -0.2) is 49.2 Å². The van der Waals surface area contributed by atoms with Gasteiger partial charge in [0.25, 0.3) is 0 Å². The lowest BCUT2D eigenvalue weighted by Gasteiger charge is -2.27. The Morgan fingerprint density at radius 3 is 2.95 bits per heavy atom. The highest BCUT2D eigenvalue weighted by atomic mass is 35.5. The lowest BCUT2D eigenvalue weighted by Crippen LogP contribution is -2.46. The second-order valence-corrected chi connectivity index (χ2v) is 6.16. The van der Waals surface area contributed by atoms with Crippen LogP contribution in [0, 0.1) is 5.92 Å². The Balaban J connectivity index is 1.75. The maximum atomic E-state index is 12.5. The van der Waals surface area contributed by atoms with Gasteiger partial charge in [-0.1, -0.05) is 29.3 Å². The zero-order valence-corrected chi connectivity index (χ0v) is 13.2. The number of benzene rings is 1. The van der Waals surface area contributed by atoms with Crippen LogP contribution in [0.5, 0.6) is 0 Å². The number of carbonyl (C=O) groups is 2. The molecule has 3 rings (SSSR count). The summed E-state index contributed by atoms with van der Waals surface area (Å²) in [5.41, 5.74) is 0.448. The number of carbonyl (C=O) groups excluding carboxylic acids is 2. The standard InChI is InChI=1S/C14H15Cl2N3O3/c15-10-2-1-3-11(12(10)16)18-14(21)19-4-8-6-22-7-9(5-19)17-13(8)20/h1-3,8-9H,4-7H2,(H,17,20)(H,18,21)/t8-,9+/m1/s1. The van der Waals surface area contributed by atoms with Gasteiger partial charge >= 0.3 is 6.03 Å². The number of urea groups is 1. The van der Waals surface area contributed by atoms with Crippen LogP contribution in [0.4, 0.5) is 10.5 Å². The first kappa shape index (κ1) is 15.4. The van der Waals surface area contributed by atoms with E-state index in [2.05, 4.69) is 10.6 Å². The molecule has 2 heterocycles. The van der Waals surface area contributed by atoms with Crippen LogP contribution in [0.15, 0.2) is 18.2 Å². The number of halogens is 2. The molecule has 22 heavy (non-hydrogen) atoms. The zero-order valence-electron chi connectivity index (χ0n) is 11.6. The zero-order chi connectivity index (χ0) is 15.7. The second-order valence-electron chi connectivity index (χ2n) is 5.38. The minimum absolute atomic E-state index is 0.0708. The van der Waals surface area contributed by atoms with Crippen LogP contribution in [-0.2, 0) is 9.53 Å². The predicted octanol–water partition coefficient (Wildman–Crippen LogP) is 1.97. The van der Waals surface area contributed by atoms with E-state index in [4.69, 9.17) is 27.9 Å². The molecule has 118 valence electrons. The third-order valence-electron chi connectivity index (χ3n) is 3.72. The van der Waals surface area contributed by atoms with Crippen molar-refractivity contribution in [3.8, 4) is 0 Å². The van der Waals surface area contributed by atoms with E-state index in [0.717, 1.165) is 0 Å². The van der Waals surface area contributed by atoms with Crippen LogP contribution >= 0.6 is 23.2 Å². The summed E-state index contributed by atoms with van der Waals surface area (Å²) in [5.74, 6) is -0.424. The summed E-state index contributed by atoms with van der Waals surface area (Å²) >= 11 is 12.0. The van der Waals surface area contributed by atoms with Crippen LogP contribution in [0.1, 0.15) is 0 Å². The molecule has 0 aliphatic carbocycles. The average Bonchev–Trinajstić information content (AvgIpc) is 2.72. The topological polar surface area (TPSA) is 70.7 Å². The van der Waals surface area contributed by atoms with Crippen molar-refractivity contribution in [3.05, 3.63) is 28.2 Å². The van der Waals surface area contributed by atoms with Gasteiger partial charge in [0.1, 0.15) is 0 Å². The fraction of sp³-hybridized carbons (Fsp3) is 0.429. The van der Waals surface area contributed by atoms with Crippen molar-refractivity contribution in [1.29, 1.82) is 0 Å². The van der Waals surface area contributed by atoms with Crippen LogP contribution in [0.2, 0.25) is 10.0 Å². The largest absolute Gasteiger partial charge is 0.378 e. The van der Waals surface area contributed by atoms with E-state index >= 15 is 0 Å². The monoisotopic (exact) mass is 343 g/mol. The van der Waals surface area contributed by atoms with Gasteiger partial charge in [-0.2, -0.15) is 0 Å². The van der Waals surface area contributed by atoms with Crippen molar-refractivity contribution in [1.82, 2.24) is 10.2 Å². The second kappa shape index (κ2) is 6.32. The summed E-state index contributed by atoms with van der Waals surface area (Å²) in [6, 6.07) is 4.53. The lowest BCUT2D eigenvalue weighted by molar-refractivity contribution is -0.125. The van der Waals surface area contributed by atoms with Crippen molar-refractivity contribution in [2.75, 3.05) is 31.6 Å². The van der Waals surface area contributed by atoms with Crippen LogP contribution in [0.3, 0.4) is 0 Å². The van der Waals surface area contributed by atoms with E-state index in [1.54, 1.807) is 23.1 Å². The number of hydrogen-bond acceptors (Lipinski definition) is 3. The summed E-state index contributed by atoms with van der Waals surface area (Å²) < 4.78 is 5.43. The molecule has 0 saturated carbocycles. The van der Waals surface area contributed by atoms with E-state index in [1.807, 2.05) is 0 Å². The van der Waals surface area contributed by atoms with E-state index in [9.17, 15) is 9.59 Å². The maximum absolute atomic E-state index is 12.5. The molecule has 2 N–H and O–H groups in total. The molecule has 2 saturated heterocycles. The SMILES string of the molecule is O=C1N[C@@H]2COC[C@H]1CN(C(=O)Nc1cccc(Cl)c1Cl)C2. The molecule has 2 aliphatic rings. The number of ether oxygens (including phenoxy) is 1. The summed E-state index contributed by atoms with van der Waals surface area (Å²) in [7, 11) is 0. The van der Waals surface area contributed by atoms with Crippen molar-refractivity contribution < 1.29 is 14.3 Å². The predicted molar refractivity (Wildman–Crippen MR) is 83.3 cm³/mol. The highest BCUT2D eigenvalue weighted by Gasteiger charge is 2.35. The first-order chi connectivity index (χ1) is 10.5. The Bertz CT molecular complexity index is 611. The molecule has 0 spiro atoms. The maximum Gasteiger partial charge on any atom is 0.321 e. The molecule has 0 unspecified atom stereocenters. The van der Waals surface area contributed by atoms with E-state index in [1.165, 1.54) is 0 Å². The van der Waals surface area contributed by atoms with Gasteiger partial charge in [-0.25, -0.2) is 4.79 Å². The fourth-order valence-corrected chi connectivity index (χ4v) is 2.94. The van der Waals surface area contributed by atoms with E-state index < -0.39 is 0 Å². The third-order valence-corrected chi connectivity index (χ3v) is 4.54. The Labute approximate surface area is 137 Å². The minimum atomic E-state index is -0.354. The molecule has 3 amide bonds. The molecule has 1 aromatic rings. The molecule has 2 fully saturated rings. The Kier molecular flexibility index (Phi) is 4.42. The molecule has 0 aromatic heterocycles. The van der Waals surface area contributed by atoms with Crippen LogP contribution in [0.25, 0.3) is 0 Å². The summed E-state index contributed by atoms with van der Waals surface area (Å²) in [5, 5.41) is 6.29. The number of fused-ring (bicyclic) bond motifs is 3. The molecule has 6 nitrogen and oxygen atoms in total. The van der Waals surface area contributed by atoms with Gasteiger partial charge in [-0.15, -0.1) is 0 Å². The van der Waals surface area contributed by atoms with Gasteiger partial charge in [-0.3, -0.25) is 4.79 Å². The molecular weight excluding hydrogens is 329 g/mol. The smallest absolute Gasteiger partial charge is 0.321 e. The van der Waals surface area contributed by atoms with Gasteiger partial charge in [0.15, 0.2) is 0 Å². The van der Waals surface area contributed by atoms with Crippen molar-refractivity contribution >= 4 is 40.8 Å². The summed E-state index contributed by atoms with van der Waals surface area (Å²) in [4.78, 5) is 26.0. The molecule has 0 radical (unpaired) electrons. The lowest BCUT2D eigenvalue weighted by atomic mass is 10.1. The average molecular weight is 344 g/mol. The summed E-state index contributed by atoms with van der Waals surface area (Å²) in [6.45, 7) is 1.44. The van der Waals surface area contributed by atoms with E-state index in [-0.39, 0.29) is 23.9 Å². The first-order valence-electron chi connectivity index (χ1n) is 6.92. The van der Waals surface area contributed by atoms with Gasteiger partial charge in [0.05, 0.1) is 40.9 Å². The molecule has 1 aromatic carbocycles. The Morgan fingerprint density at radius 2 is 2.14 bits per heavy atom. The van der Waals surface area contributed by atoms with E-state index in [0.29, 0.717) is 42.0 Å². The highest BCUT2D eigenvalue weighted by Crippen LogP contribution is 2.29. The molecule has 2 aliphatic heterocycles. The number of nitrogens with one attached hydrogen (secondary N) is 2. The number of nitrogens with zero attached hydrogens (tertiary/aromatic N) is 1. The number of rotatable bonds is 1. The summed E-state index contributed by atoms with van der Waals surface area (Å²) in [6.07, 6.45) is 0. The van der Waals surface area contributed by atoms with Gasteiger partial charge in [0.2, 0.25) is 5.91 Å².